The maximum atomic E-state index is 13.6. The lowest BCUT2D eigenvalue weighted by Crippen LogP contribution is -2.47. The van der Waals surface area contributed by atoms with Gasteiger partial charge in [0.25, 0.3) is 0 Å². The van der Waals surface area contributed by atoms with Crippen LogP contribution in [0.1, 0.15) is 16.7 Å². The number of anilines is 1. The summed E-state index contributed by atoms with van der Waals surface area (Å²) in [5, 5.41) is 14.8. The molecule has 7 nitrogen and oxygen atoms in total. The summed E-state index contributed by atoms with van der Waals surface area (Å²) in [4.78, 5) is 29.2. The van der Waals surface area contributed by atoms with Crippen LogP contribution in [0.2, 0.25) is 0 Å². The molecule has 3 rings (SSSR count). The van der Waals surface area contributed by atoms with Gasteiger partial charge in [-0.1, -0.05) is 24.3 Å². The van der Waals surface area contributed by atoms with E-state index in [1.54, 1.807) is 24.3 Å². The molecule has 0 aliphatic carbocycles. The molecule has 9 heteroatoms. The number of carbonyl (C=O) groups excluding carboxylic acids is 2. The number of phenols is 1. The van der Waals surface area contributed by atoms with Gasteiger partial charge in [0.1, 0.15) is 17.6 Å². The van der Waals surface area contributed by atoms with Crippen molar-refractivity contribution in [1.82, 2.24) is 15.6 Å². The minimum Gasteiger partial charge on any atom is -0.508 e. The number of phenolic OH excluding ortho intramolecular Hbond substituents is 1. The van der Waals surface area contributed by atoms with Gasteiger partial charge < -0.3 is 21.5 Å². The Balaban J connectivity index is 1.71. The van der Waals surface area contributed by atoms with E-state index in [2.05, 4.69) is 15.6 Å². The second-order valence-corrected chi connectivity index (χ2v) is 7.25. The fourth-order valence-electron chi connectivity index (χ4n) is 2.98. The summed E-state index contributed by atoms with van der Waals surface area (Å²) in [7, 11) is 0. The number of nitrogen functional groups attached to an aromatic ring is 1. The molecule has 5 N–H and O–H groups in total. The molecule has 0 spiro atoms. The number of pyridine rings is 1. The maximum Gasteiger partial charge on any atom is 0.244 e. The number of aromatic nitrogens is 1. The van der Waals surface area contributed by atoms with E-state index in [1.165, 1.54) is 36.5 Å². The van der Waals surface area contributed by atoms with Crippen LogP contribution in [0.15, 0.2) is 66.9 Å². The van der Waals surface area contributed by atoms with Crippen LogP contribution >= 0.6 is 0 Å². The number of halogens is 2. The SMILES string of the molecule is Nc1ccc(CNC(=O)[C@H](Cc2ccc(F)c(F)c2)NC(=O)C=Cc2cccc(O)c2)cn1. The first-order valence-corrected chi connectivity index (χ1v) is 10.00. The van der Waals surface area contributed by atoms with Gasteiger partial charge in [0.15, 0.2) is 11.6 Å². The Hall–Kier alpha value is -4.27. The number of benzene rings is 2. The van der Waals surface area contributed by atoms with Crippen molar-refractivity contribution in [2.75, 3.05) is 5.73 Å². The third-order valence-corrected chi connectivity index (χ3v) is 4.67. The van der Waals surface area contributed by atoms with Crippen LogP contribution < -0.4 is 16.4 Å². The summed E-state index contributed by atoms with van der Waals surface area (Å²) in [5.41, 5.74) is 7.16. The van der Waals surface area contributed by atoms with Crippen LogP contribution in [0.3, 0.4) is 0 Å². The molecular formula is C24H22F2N4O3. The molecule has 1 atom stereocenters. The predicted molar refractivity (Wildman–Crippen MR) is 120 cm³/mol. The molecule has 0 radical (unpaired) electrons. The molecule has 0 aliphatic rings. The van der Waals surface area contributed by atoms with Gasteiger partial charge >= 0.3 is 0 Å². The van der Waals surface area contributed by atoms with Crippen LogP contribution in [-0.2, 0) is 22.6 Å². The van der Waals surface area contributed by atoms with Crippen LogP contribution in [-0.4, -0.2) is 27.9 Å². The van der Waals surface area contributed by atoms with Gasteiger partial charge in [0.2, 0.25) is 11.8 Å². The van der Waals surface area contributed by atoms with E-state index in [9.17, 15) is 23.5 Å². The third kappa shape index (κ3) is 7.13. The molecule has 0 aliphatic heterocycles. The lowest BCUT2D eigenvalue weighted by atomic mass is 10.0. The van der Waals surface area contributed by atoms with Crippen LogP contribution in [0.4, 0.5) is 14.6 Å². The molecule has 170 valence electrons. The standard InChI is InChI=1S/C24H22F2N4O3/c25-19-7-4-16(11-20(19)26)12-21(24(33)29-14-17-5-8-22(27)28-13-17)30-23(32)9-6-15-2-1-3-18(31)10-15/h1-11,13,21,31H,12,14H2,(H2,27,28)(H,29,33)(H,30,32)/t21-/m0/s1. The molecule has 3 aromatic rings. The largest absolute Gasteiger partial charge is 0.508 e. The van der Waals surface area contributed by atoms with Gasteiger partial charge in [-0.3, -0.25) is 9.59 Å². The summed E-state index contributed by atoms with van der Waals surface area (Å²) >= 11 is 0. The Morgan fingerprint density at radius 1 is 1.06 bits per heavy atom. The van der Waals surface area contributed by atoms with Gasteiger partial charge in [-0.25, -0.2) is 13.8 Å². The van der Waals surface area contributed by atoms with Gasteiger partial charge in [-0.05, 0) is 53.1 Å². The lowest BCUT2D eigenvalue weighted by Gasteiger charge is -2.18. The predicted octanol–water partition coefficient (Wildman–Crippen LogP) is 2.70. The Bertz CT molecular complexity index is 1170. The number of nitrogens with zero attached hydrogens (tertiary/aromatic N) is 1. The Morgan fingerprint density at radius 2 is 1.85 bits per heavy atom. The number of hydrogen-bond donors (Lipinski definition) is 4. The van der Waals surface area contributed by atoms with Gasteiger partial charge in [-0.15, -0.1) is 0 Å². The first kappa shape index (κ1) is 23.4. The molecule has 0 fully saturated rings. The lowest BCUT2D eigenvalue weighted by molar-refractivity contribution is -0.127. The van der Waals surface area contributed by atoms with Crippen molar-refractivity contribution < 1.29 is 23.5 Å². The zero-order valence-electron chi connectivity index (χ0n) is 17.5. The monoisotopic (exact) mass is 452 g/mol. The highest BCUT2D eigenvalue weighted by Crippen LogP contribution is 2.13. The summed E-state index contributed by atoms with van der Waals surface area (Å²) in [6, 6.07) is 11.8. The summed E-state index contributed by atoms with van der Waals surface area (Å²) < 4.78 is 26.9. The normalized spacial score (nSPS) is 11.8. The number of rotatable bonds is 8. The van der Waals surface area contributed by atoms with E-state index in [1.807, 2.05) is 0 Å². The molecule has 33 heavy (non-hydrogen) atoms. The van der Waals surface area contributed by atoms with Gasteiger partial charge in [-0.2, -0.15) is 0 Å². The minimum atomic E-state index is -1.06. The van der Waals surface area contributed by atoms with E-state index in [-0.39, 0.29) is 18.7 Å². The summed E-state index contributed by atoms with van der Waals surface area (Å²) in [6.07, 6.45) is 4.14. The molecule has 1 aromatic heterocycles. The highest BCUT2D eigenvalue weighted by molar-refractivity contribution is 5.95. The molecule has 0 saturated carbocycles. The fourth-order valence-corrected chi connectivity index (χ4v) is 2.98. The first-order valence-electron chi connectivity index (χ1n) is 10.00. The fraction of sp³-hybridized carbons (Fsp3) is 0.125. The van der Waals surface area contributed by atoms with Crippen molar-refractivity contribution >= 4 is 23.7 Å². The average Bonchev–Trinajstić information content (AvgIpc) is 2.79. The molecular weight excluding hydrogens is 430 g/mol. The Morgan fingerprint density at radius 3 is 2.55 bits per heavy atom. The highest BCUT2D eigenvalue weighted by Gasteiger charge is 2.21. The maximum absolute atomic E-state index is 13.6. The van der Waals surface area contributed by atoms with Crippen molar-refractivity contribution in [2.24, 2.45) is 0 Å². The average molecular weight is 452 g/mol. The topological polar surface area (TPSA) is 117 Å². The second-order valence-electron chi connectivity index (χ2n) is 7.25. The van der Waals surface area contributed by atoms with Crippen molar-refractivity contribution in [2.45, 2.75) is 19.0 Å². The number of amides is 2. The van der Waals surface area contributed by atoms with Crippen molar-refractivity contribution in [3.63, 3.8) is 0 Å². The van der Waals surface area contributed by atoms with Crippen LogP contribution in [0.25, 0.3) is 6.08 Å². The quantitative estimate of drug-likeness (QED) is 0.392. The molecule has 0 saturated heterocycles. The molecule has 1 heterocycles. The van der Waals surface area contributed by atoms with Gasteiger partial charge in [0.05, 0.1) is 0 Å². The van der Waals surface area contributed by atoms with Crippen molar-refractivity contribution in [3.8, 4) is 5.75 Å². The number of aromatic hydroxyl groups is 1. The smallest absolute Gasteiger partial charge is 0.244 e. The highest BCUT2D eigenvalue weighted by atomic mass is 19.2. The number of nitrogens with one attached hydrogen (secondary N) is 2. The zero-order chi connectivity index (χ0) is 23.8. The minimum absolute atomic E-state index is 0.0466. The molecule has 2 aromatic carbocycles. The number of nitrogens with two attached hydrogens (primary N) is 1. The first-order chi connectivity index (χ1) is 15.8. The summed E-state index contributed by atoms with van der Waals surface area (Å²) in [6.45, 7) is 0.134. The van der Waals surface area contributed by atoms with Crippen LogP contribution in [0, 0.1) is 11.6 Å². The number of hydrogen-bond acceptors (Lipinski definition) is 5. The molecule has 0 bridgehead atoms. The van der Waals surface area contributed by atoms with E-state index < -0.39 is 29.5 Å². The zero-order valence-corrected chi connectivity index (χ0v) is 17.5. The number of carbonyl (C=O) groups is 2. The Kier molecular flexibility index (Phi) is 7.69. The van der Waals surface area contributed by atoms with E-state index in [0.717, 1.165) is 12.1 Å². The second kappa shape index (κ2) is 10.9. The Labute approximate surface area is 189 Å². The van der Waals surface area contributed by atoms with Crippen LogP contribution in [0.5, 0.6) is 5.75 Å². The van der Waals surface area contributed by atoms with E-state index in [4.69, 9.17) is 5.73 Å². The van der Waals surface area contributed by atoms with E-state index >= 15 is 0 Å². The molecule has 0 unspecified atom stereocenters. The van der Waals surface area contributed by atoms with Crippen molar-refractivity contribution in [1.29, 1.82) is 0 Å². The third-order valence-electron chi connectivity index (χ3n) is 4.67. The summed E-state index contributed by atoms with van der Waals surface area (Å²) in [5.74, 6) is -2.76. The van der Waals surface area contributed by atoms with Crippen molar-refractivity contribution in [3.05, 3.63) is 95.2 Å². The van der Waals surface area contributed by atoms with Gasteiger partial charge in [0, 0.05) is 25.2 Å². The van der Waals surface area contributed by atoms with E-state index in [0.29, 0.717) is 22.5 Å². The molecule has 2 amide bonds.